The fraction of sp³-hybridized carbons (Fsp3) is 0.250. The van der Waals surface area contributed by atoms with Gasteiger partial charge in [0.2, 0.25) is 5.91 Å². The number of amides is 3. The van der Waals surface area contributed by atoms with Crippen molar-refractivity contribution >= 4 is 29.1 Å². The van der Waals surface area contributed by atoms with Crippen LogP contribution in [0.5, 0.6) is 0 Å². The van der Waals surface area contributed by atoms with Gasteiger partial charge in [-0.05, 0) is 38.0 Å². The maximum atomic E-state index is 12.4. The van der Waals surface area contributed by atoms with E-state index in [0.717, 1.165) is 21.1 Å². The fourth-order valence-corrected chi connectivity index (χ4v) is 4.72. The van der Waals surface area contributed by atoms with Crippen molar-refractivity contribution in [3.63, 3.8) is 0 Å². The first kappa shape index (κ1) is 20.9. The highest BCUT2D eigenvalue weighted by atomic mass is 32.1. The monoisotopic (exact) mass is 433 g/mol. The third kappa shape index (κ3) is 4.27. The third-order valence-corrected chi connectivity index (χ3v) is 6.57. The molecular weight excluding hydrogens is 410 g/mol. The van der Waals surface area contributed by atoms with Crippen molar-refractivity contribution < 1.29 is 14.4 Å². The molecule has 3 aromatic rings. The van der Waals surface area contributed by atoms with Crippen molar-refractivity contribution in [1.82, 2.24) is 15.2 Å². The summed E-state index contributed by atoms with van der Waals surface area (Å²) in [6.07, 6.45) is 0.670. The lowest BCUT2D eigenvalue weighted by molar-refractivity contribution is -0.121. The molecule has 0 bridgehead atoms. The standard InChI is InChI=1S/C24H23N3O3S/c1-15-8-3-4-9-17(15)22-26-16(2)20(31-22)14-25-21(28)12-7-13-27-23(29)18-10-5-6-11-19(18)24(27)30/h3-6,8-11H,7,12-14H2,1-2H3,(H,25,28). The summed E-state index contributed by atoms with van der Waals surface area (Å²) in [6.45, 7) is 4.65. The molecule has 3 amide bonds. The van der Waals surface area contributed by atoms with E-state index in [2.05, 4.69) is 29.4 Å². The van der Waals surface area contributed by atoms with Crippen molar-refractivity contribution in [3.8, 4) is 10.6 Å². The van der Waals surface area contributed by atoms with Crippen LogP contribution in [0.4, 0.5) is 0 Å². The molecule has 0 aliphatic carbocycles. The van der Waals surface area contributed by atoms with E-state index in [9.17, 15) is 14.4 Å². The molecule has 1 N–H and O–H groups in total. The highest BCUT2D eigenvalue weighted by Gasteiger charge is 2.34. The summed E-state index contributed by atoms with van der Waals surface area (Å²) >= 11 is 1.58. The highest BCUT2D eigenvalue weighted by Crippen LogP contribution is 2.30. The van der Waals surface area contributed by atoms with Crippen molar-refractivity contribution in [2.75, 3.05) is 6.54 Å². The molecular formula is C24H23N3O3S. The molecule has 0 spiro atoms. The van der Waals surface area contributed by atoms with E-state index < -0.39 is 0 Å². The second-order valence-corrected chi connectivity index (χ2v) is 8.61. The first-order valence-corrected chi connectivity index (χ1v) is 11.0. The molecule has 158 valence electrons. The average molecular weight is 434 g/mol. The van der Waals surface area contributed by atoms with E-state index in [1.807, 2.05) is 19.1 Å². The summed E-state index contributed by atoms with van der Waals surface area (Å²) in [5.41, 5.74) is 4.05. The van der Waals surface area contributed by atoms with Crippen LogP contribution in [-0.2, 0) is 11.3 Å². The molecule has 1 aliphatic rings. The van der Waals surface area contributed by atoms with Crippen LogP contribution >= 0.6 is 11.3 Å². The summed E-state index contributed by atoms with van der Waals surface area (Å²) in [7, 11) is 0. The Bertz CT molecular complexity index is 1130. The van der Waals surface area contributed by atoms with Gasteiger partial charge in [0.1, 0.15) is 5.01 Å². The Balaban J connectivity index is 1.29. The van der Waals surface area contributed by atoms with Gasteiger partial charge >= 0.3 is 0 Å². The molecule has 2 aromatic carbocycles. The summed E-state index contributed by atoms with van der Waals surface area (Å²) in [6, 6.07) is 14.9. The minimum absolute atomic E-state index is 0.109. The van der Waals surface area contributed by atoms with Gasteiger partial charge in [-0.3, -0.25) is 19.3 Å². The van der Waals surface area contributed by atoms with Crippen molar-refractivity contribution in [1.29, 1.82) is 0 Å². The second-order valence-electron chi connectivity index (χ2n) is 7.53. The summed E-state index contributed by atoms with van der Waals surface area (Å²) in [4.78, 5) is 43.9. The molecule has 4 rings (SSSR count). The van der Waals surface area contributed by atoms with Crippen LogP contribution < -0.4 is 5.32 Å². The number of benzene rings is 2. The molecule has 7 heteroatoms. The zero-order valence-electron chi connectivity index (χ0n) is 17.5. The number of nitrogens with one attached hydrogen (secondary N) is 1. The Morgan fingerprint density at radius 1 is 0.968 bits per heavy atom. The maximum Gasteiger partial charge on any atom is 0.261 e. The number of carbonyl (C=O) groups excluding carboxylic acids is 3. The van der Waals surface area contributed by atoms with Crippen LogP contribution in [0.15, 0.2) is 48.5 Å². The first-order valence-electron chi connectivity index (χ1n) is 10.2. The predicted molar refractivity (Wildman–Crippen MR) is 120 cm³/mol. The molecule has 2 heterocycles. The topological polar surface area (TPSA) is 79.4 Å². The quantitative estimate of drug-likeness (QED) is 0.569. The lowest BCUT2D eigenvalue weighted by Gasteiger charge is -2.13. The zero-order chi connectivity index (χ0) is 22.0. The van der Waals surface area contributed by atoms with Gasteiger partial charge in [0.25, 0.3) is 11.8 Å². The number of fused-ring (bicyclic) bond motifs is 1. The molecule has 6 nitrogen and oxygen atoms in total. The van der Waals surface area contributed by atoms with Crippen molar-refractivity contribution in [3.05, 3.63) is 75.8 Å². The van der Waals surface area contributed by atoms with Crippen LogP contribution in [0.1, 0.15) is 49.7 Å². The van der Waals surface area contributed by atoms with Crippen LogP contribution in [0.25, 0.3) is 10.6 Å². The van der Waals surface area contributed by atoms with Gasteiger partial charge in [0.05, 0.1) is 23.4 Å². The smallest absolute Gasteiger partial charge is 0.261 e. The average Bonchev–Trinajstić information content (AvgIpc) is 3.25. The SMILES string of the molecule is Cc1ccccc1-c1nc(C)c(CNC(=O)CCCN2C(=O)c3ccccc3C2=O)s1. The molecule has 0 unspecified atom stereocenters. The second kappa shape index (κ2) is 8.81. The Morgan fingerprint density at radius 2 is 1.58 bits per heavy atom. The first-order chi connectivity index (χ1) is 15.0. The van der Waals surface area contributed by atoms with Crippen LogP contribution in [0.3, 0.4) is 0 Å². The molecule has 0 saturated carbocycles. The maximum absolute atomic E-state index is 12.4. The van der Waals surface area contributed by atoms with Crippen molar-refractivity contribution in [2.45, 2.75) is 33.2 Å². The van der Waals surface area contributed by atoms with Crippen LogP contribution in [0, 0.1) is 13.8 Å². The Morgan fingerprint density at radius 3 is 2.23 bits per heavy atom. The molecule has 0 atom stereocenters. The van der Waals surface area contributed by atoms with Gasteiger partial charge in [0.15, 0.2) is 0 Å². The normalized spacial score (nSPS) is 12.9. The lowest BCUT2D eigenvalue weighted by Crippen LogP contribution is -2.32. The number of carbonyl (C=O) groups is 3. The van der Waals surface area contributed by atoms with Gasteiger partial charge in [0, 0.05) is 23.4 Å². The summed E-state index contributed by atoms with van der Waals surface area (Å²) in [5.74, 6) is -0.683. The van der Waals surface area contributed by atoms with Crippen LogP contribution in [0.2, 0.25) is 0 Å². The zero-order valence-corrected chi connectivity index (χ0v) is 18.3. The van der Waals surface area contributed by atoms with Gasteiger partial charge in [-0.15, -0.1) is 11.3 Å². The van der Waals surface area contributed by atoms with Gasteiger partial charge in [-0.25, -0.2) is 4.98 Å². The van der Waals surface area contributed by atoms with Gasteiger partial charge in [-0.1, -0.05) is 36.4 Å². The Kier molecular flexibility index (Phi) is 5.95. The molecule has 31 heavy (non-hydrogen) atoms. The minimum Gasteiger partial charge on any atom is -0.351 e. The molecule has 0 radical (unpaired) electrons. The third-order valence-electron chi connectivity index (χ3n) is 5.38. The summed E-state index contributed by atoms with van der Waals surface area (Å²) < 4.78 is 0. The van der Waals surface area contributed by atoms with Crippen LogP contribution in [-0.4, -0.2) is 34.2 Å². The number of aryl methyl sites for hydroxylation is 2. The number of hydrogen-bond donors (Lipinski definition) is 1. The predicted octanol–water partition coefficient (Wildman–Crippen LogP) is 4.12. The highest BCUT2D eigenvalue weighted by molar-refractivity contribution is 7.15. The largest absolute Gasteiger partial charge is 0.351 e. The van der Waals surface area contributed by atoms with E-state index >= 15 is 0 Å². The van der Waals surface area contributed by atoms with Gasteiger partial charge < -0.3 is 5.32 Å². The molecule has 1 aromatic heterocycles. The fourth-order valence-electron chi connectivity index (χ4n) is 3.63. The Labute approximate surface area is 184 Å². The van der Waals surface area contributed by atoms with E-state index in [4.69, 9.17) is 0 Å². The number of thiazole rings is 1. The Hall–Kier alpha value is -3.32. The minimum atomic E-state index is -0.287. The number of imide groups is 1. The number of nitrogens with zero attached hydrogens (tertiary/aromatic N) is 2. The van der Waals surface area contributed by atoms with E-state index in [1.54, 1.807) is 35.6 Å². The van der Waals surface area contributed by atoms with Gasteiger partial charge in [-0.2, -0.15) is 0 Å². The van der Waals surface area contributed by atoms with E-state index in [1.165, 1.54) is 10.5 Å². The summed E-state index contributed by atoms with van der Waals surface area (Å²) in [5, 5.41) is 3.88. The van der Waals surface area contributed by atoms with E-state index in [0.29, 0.717) is 24.1 Å². The molecule has 1 aliphatic heterocycles. The van der Waals surface area contributed by atoms with E-state index in [-0.39, 0.29) is 30.7 Å². The number of hydrogen-bond acceptors (Lipinski definition) is 5. The number of rotatable bonds is 7. The number of aromatic nitrogens is 1. The molecule has 0 saturated heterocycles. The van der Waals surface area contributed by atoms with Crippen molar-refractivity contribution in [2.24, 2.45) is 0 Å². The lowest BCUT2D eigenvalue weighted by atomic mass is 10.1. The molecule has 0 fully saturated rings.